The molecule has 0 fully saturated rings. The average molecular weight is 459 g/mol. The summed E-state index contributed by atoms with van der Waals surface area (Å²) in [6, 6.07) is 8.27. The Morgan fingerprint density at radius 2 is 2.04 bits per heavy atom. The van der Waals surface area contributed by atoms with E-state index in [0.717, 1.165) is 56.5 Å². The number of fused-ring (bicyclic) bond motifs is 1. The van der Waals surface area contributed by atoms with Gasteiger partial charge in [0, 0.05) is 32.8 Å². The van der Waals surface area contributed by atoms with E-state index in [1.807, 2.05) is 13.0 Å². The molecule has 140 valence electrons. The lowest BCUT2D eigenvalue weighted by atomic mass is 10.3. The number of aromatic nitrogens is 2. The summed E-state index contributed by atoms with van der Waals surface area (Å²) in [4.78, 5) is 9.23. The zero-order chi connectivity index (χ0) is 17.2. The SMILES string of the molecule is CCNC(=NCCCn1c(C)nc2ccccc21)NCCOCC.I. The molecule has 25 heavy (non-hydrogen) atoms. The molecule has 7 heteroatoms. The van der Waals surface area contributed by atoms with Crippen LogP contribution >= 0.6 is 24.0 Å². The van der Waals surface area contributed by atoms with Gasteiger partial charge >= 0.3 is 0 Å². The smallest absolute Gasteiger partial charge is 0.191 e. The van der Waals surface area contributed by atoms with E-state index in [2.05, 4.69) is 57.2 Å². The van der Waals surface area contributed by atoms with Crippen LogP contribution in [0, 0.1) is 6.92 Å². The predicted octanol–water partition coefficient (Wildman–Crippen LogP) is 2.94. The number of halogens is 1. The third-order valence-electron chi connectivity index (χ3n) is 3.74. The highest BCUT2D eigenvalue weighted by Crippen LogP contribution is 2.15. The summed E-state index contributed by atoms with van der Waals surface area (Å²) < 4.78 is 7.60. The molecule has 0 saturated carbocycles. The van der Waals surface area contributed by atoms with Gasteiger partial charge in [-0.3, -0.25) is 4.99 Å². The van der Waals surface area contributed by atoms with Crippen LogP contribution in [0.1, 0.15) is 26.1 Å². The second-order valence-corrected chi connectivity index (χ2v) is 5.54. The lowest BCUT2D eigenvalue weighted by molar-refractivity contribution is 0.152. The maximum atomic E-state index is 5.34. The van der Waals surface area contributed by atoms with E-state index in [9.17, 15) is 0 Å². The molecule has 2 N–H and O–H groups in total. The lowest BCUT2D eigenvalue weighted by Crippen LogP contribution is -2.39. The van der Waals surface area contributed by atoms with E-state index in [0.29, 0.717) is 6.61 Å². The number of nitrogens with one attached hydrogen (secondary N) is 2. The zero-order valence-corrected chi connectivity index (χ0v) is 17.7. The van der Waals surface area contributed by atoms with E-state index in [1.54, 1.807) is 0 Å². The van der Waals surface area contributed by atoms with Crippen molar-refractivity contribution in [2.24, 2.45) is 4.99 Å². The second kappa shape index (κ2) is 12.1. The minimum Gasteiger partial charge on any atom is -0.380 e. The van der Waals surface area contributed by atoms with Gasteiger partial charge in [-0.05, 0) is 39.3 Å². The van der Waals surface area contributed by atoms with Crippen LogP contribution in [0.4, 0.5) is 0 Å². The molecule has 2 rings (SSSR count). The molecule has 6 nitrogen and oxygen atoms in total. The van der Waals surface area contributed by atoms with Crippen molar-refractivity contribution >= 4 is 41.0 Å². The number of aryl methyl sites for hydroxylation is 2. The molecule has 0 aliphatic rings. The van der Waals surface area contributed by atoms with Crippen LogP contribution in [0.3, 0.4) is 0 Å². The lowest BCUT2D eigenvalue weighted by Gasteiger charge is -2.11. The molecular weight excluding hydrogens is 429 g/mol. The number of aliphatic imine (C=N–C) groups is 1. The zero-order valence-electron chi connectivity index (χ0n) is 15.4. The number of benzene rings is 1. The first kappa shape index (κ1) is 21.7. The highest BCUT2D eigenvalue weighted by molar-refractivity contribution is 14.0. The number of imidazole rings is 1. The van der Waals surface area contributed by atoms with Crippen molar-refractivity contribution in [1.29, 1.82) is 0 Å². The van der Waals surface area contributed by atoms with Crippen molar-refractivity contribution in [2.75, 3.05) is 32.8 Å². The normalized spacial score (nSPS) is 11.4. The number of rotatable bonds is 9. The molecule has 0 aliphatic heterocycles. The van der Waals surface area contributed by atoms with Crippen LogP contribution in [-0.4, -0.2) is 48.4 Å². The number of para-hydroxylation sites is 2. The highest BCUT2D eigenvalue weighted by Gasteiger charge is 2.05. The van der Waals surface area contributed by atoms with E-state index in [1.165, 1.54) is 5.52 Å². The summed E-state index contributed by atoms with van der Waals surface area (Å²) in [6.07, 6.45) is 0.975. The Morgan fingerprint density at radius 1 is 1.24 bits per heavy atom. The van der Waals surface area contributed by atoms with Crippen molar-refractivity contribution in [1.82, 2.24) is 20.2 Å². The molecule has 0 unspecified atom stereocenters. The molecule has 0 saturated heterocycles. The van der Waals surface area contributed by atoms with E-state index in [-0.39, 0.29) is 24.0 Å². The molecule has 2 aromatic rings. The minimum absolute atomic E-state index is 0. The summed E-state index contributed by atoms with van der Waals surface area (Å²) in [5, 5.41) is 6.54. The fraction of sp³-hybridized carbons (Fsp3) is 0.556. The fourth-order valence-electron chi connectivity index (χ4n) is 2.63. The average Bonchev–Trinajstić information content (AvgIpc) is 2.91. The molecule has 0 amide bonds. The molecule has 0 spiro atoms. The Bertz CT molecular complexity index is 656. The van der Waals surface area contributed by atoms with Crippen molar-refractivity contribution < 1.29 is 4.74 Å². The van der Waals surface area contributed by atoms with Gasteiger partial charge in [0.2, 0.25) is 0 Å². The van der Waals surface area contributed by atoms with Gasteiger partial charge in [-0.2, -0.15) is 0 Å². The summed E-state index contributed by atoms with van der Waals surface area (Å²) in [6.45, 7) is 10.9. The third-order valence-corrected chi connectivity index (χ3v) is 3.74. The summed E-state index contributed by atoms with van der Waals surface area (Å²) in [5.74, 6) is 1.91. The molecule has 1 aromatic heterocycles. The number of hydrogen-bond acceptors (Lipinski definition) is 3. The summed E-state index contributed by atoms with van der Waals surface area (Å²) in [5.41, 5.74) is 2.25. The molecular formula is C18H30IN5O. The summed E-state index contributed by atoms with van der Waals surface area (Å²) >= 11 is 0. The van der Waals surface area contributed by atoms with E-state index < -0.39 is 0 Å². The first-order valence-corrected chi connectivity index (χ1v) is 8.78. The fourth-order valence-corrected chi connectivity index (χ4v) is 2.63. The Labute approximate surface area is 167 Å². The molecule has 1 heterocycles. The van der Waals surface area contributed by atoms with Crippen molar-refractivity contribution in [3.63, 3.8) is 0 Å². The van der Waals surface area contributed by atoms with Crippen molar-refractivity contribution in [2.45, 2.75) is 33.7 Å². The van der Waals surface area contributed by atoms with Gasteiger partial charge in [0.1, 0.15) is 5.82 Å². The second-order valence-electron chi connectivity index (χ2n) is 5.54. The number of guanidine groups is 1. The third kappa shape index (κ3) is 6.81. The first-order chi connectivity index (χ1) is 11.8. The van der Waals surface area contributed by atoms with Crippen molar-refractivity contribution in [3.05, 3.63) is 30.1 Å². The summed E-state index contributed by atoms with van der Waals surface area (Å²) in [7, 11) is 0. The maximum absolute atomic E-state index is 5.34. The largest absolute Gasteiger partial charge is 0.380 e. The Morgan fingerprint density at radius 3 is 2.80 bits per heavy atom. The predicted molar refractivity (Wildman–Crippen MR) is 115 cm³/mol. The Hall–Kier alpha value is -1.35. The van der Waals surface area contributed by atoms with Crippen LogP contribution < -0.4 is 10.6 Å². The maximum Gasteiger partial charge on any atom is 0.191 e. The van der Waals surface area contributed by atoms with Gasteiger partial charge in [0.15, 0.2) is 5.96 Å². The quantitative estimate of drug-likeness (QED) is 0.262. The molecule has 0 bridgehead atoms. The van der Waals surface area contributed by atoms with Gasteiger partial charge in [0.25, 0.3) is 0 Å². The number of ether oxygens (including phenoxy) is 1. The van der Waals surface area contributed by atoms with Gasteiger partial charge in [-0.1, -0.05) is 12.1 Å². The molecule has 0 atom stereocenters. The number of hydrogen-bond donors (Lipinski definition) is 2. The molecule has 1 aromatic carbocycles. The number of nitrogens with zero attached hydrogens (tertiary/aromatic N) is 3. The van der Waals surface area contributed by atoms with E-state index in [4.69, 9.17) is 4.74 Å². The standard InChI is InChI=1S/C18H29N5O.HI/c1-4-19-18(21-12-14-24-5-2)20-11-8-13-23-15(3)22-16-9-6-7-10-17(16)23;/h6-7,9-10H,4-5,8,11-14H2,1-3H3,(H2,19,20,21);1H. The van der Waals surface area contributed by atoms with Crippen LogP contribution in [0.2, 0.25) is 0 Å². The minimum atomic E-state index is 0. The Kier molecular flexibility index (Phi) is 10.5. The van der Waals surface area contributed by atoms with Gasteiger partial charge in [-0.15, -0.1) is 24.0 Å². The van der Waals surface area contributed by atoms with Crippen LogP contribution in [-0.2, 0) is 11.3 Å². The van der Waals surface area contributed by atoms with Crippen molar-refractivity contribution in [3.8, 4) is 0 Å². The van der Waals surface area contributed by atoms with Gasteiger partial charge < -0.3 is 19.9 Å². The highest BCUT2D eigenvalue weighted by atomic mass is 127. The van der Waals surface area contributed by atoms with Gasteiger partial charge in [-0.25, -0.2) is 4.98 Å². The van der Waals surface area contributed by atoms with E-state index >= 15 is 0 Å². The molecule has 0 aliphatic carbocycles. The topological polar surface area (TPSA) is 63.5 Å². The van der Waals surface area contributed by atoms with Gasteiger partial charge in [0.05, 0.1) is 17.6 Å². The monoisotopic (exact) mass is 459 g/mol. The van der Waals surface area contributed by atoms with Crippen LogP contribution in [0.25, 0.3) is 11.0 Å². The van der Waals surface area contributed by atoms with Crippen LogP contribution in [0.5, 0.6) is 0 Å². The van der Waals surface area contributed by atoms with Crippen LogP contribution in [0.15, 0.2) is 29.3 Å². The molecule has 0 radical (unpaired) electrons. The first-order valence-electron chi connectivity index (χ1n) is 8.78. The Balaban J connectivity index is 0.00000312.